The van der Waals surface area contributed by atoms with Crippen LogP contribution in [0.2, 0.25) is 0 Å². The zero-order valence-electron chi connectivity index (χ0n) is 19.8. The molecular formula is C24H27F2N5O5. The molecule has 2 aliphatic heterocycles. The first-order valence-corrected chi connectivity index (χ1v) is 11.8. The number of rotatable bonds is 9. The highest BCUT2D eigenvalue weighted by Gasteiger charge is 2.40. The van der Waals surface area contributed by atoms with Gasteiger partial charge in [-0.05, 0) is 37.8 Å². The summed E-state index contributed by atoms with van der Waals surface area (Å²) in [4.78, 5) is 49.2. The molecule has 1 unspecified atom stereocenters. The summed E-state index contributed by atoms with van der Waals surface area (Å²) in [6.45, 7) is 0.0356. The molecule has 4 rings (SSSR count). The second-order valence-electron chi connectivity index (χ2n) is 8.73. The van der Waals surface area contributed by atoms with E-state index in [1.54, 1.807) is 0 Å². The summed E-state index contributed by atoms with van der Waals surface area (Å²) in [6, 6.07) is 1.74. The van der Waals surface area contributed by atoms with Crippen molar-refractivity contribution in [1.29, 1.82) is 0 Å². The van der Waals surface area contributed by atoms with Gasteiger partial charge in [0, 0.05) is 43.4 Å². The molecule has 0 aliphatic carbocycles. The minimum absolute atomic E-state index is 0.00200. The summed E-state index contributed by atoms with van der Waals surface area (Å²) in [5.41, 5.74) is 0.791. The molecular weight excluding hydrogens is 476 g/mol. The van der Waals surface area contributed by atoms with E-state index in [0.717, 1.165) is 42.5 Å². The molecule has 0 radical (unpaired) electrons. The molecule has 2 N–H and O–H groups in total. The smallest absolute Gasteiger partial charge is 0.407 e. The maximum atomic E-state index is 15.2. The number of carbonyl (C=O) groups excluding carboxylic acids is 4. The third-order valence-electron chi connectivity index (χ3n) is 6.42. The summed E-state index contributed by atoms with van der Waals surface area (Å²) in [5.74, 6) is -3.20. The number of likely N-dealkylation sites (N-methyl/N-ethyl adjacent to an activating group) is 1. The van der Waals surface area contributed by atoms with E-state index in [9.17, 15) is 23.6 Å². The number of alkyl carbamates (subject to hydrolysis) is 1. The number of nitrogens with zero attached hydrogens (tertiary/aromatic N) is 3. The fourth-order valence-electron chi connectivity index (χ4n) is 4.59. The largest absolute Gasteiger partial charge is 0.443 e. The Morgan fingerprint density at radius 2 is 2.08 bits per heavy atom. The maximum absolute atomic E-state index is 15.2. The maximum Gasteiger partial charge on any atom is 0.407 e. The van der Waals surface area contributed by atoms with Gasteiger partial charge in [-0.3, -0.25) is 14.3 Å². The van der Waals surface area contributed by atoms with Crippen LogP contribution in [0.3, 0.4) is 0 Å². The van der Waals surface area contributed by atoms with Gasteiger partial charge in [0.05, 0.1) is 12.1 Å². The fraction of sp³-hybridized carbons (Fsp3) is 0.458. The van der Waals surface area contributed by atoms with Gasteiger partial charge in [-0.1, -0.05) is 0 Å². The Bertz CT molecular complexity index is 1170. The second kappa shape index (κ2) is 10.8. The molecule has 0 saturated carbocycles. The van der Waals surface area contributed by atoms with Crippen molar-refractivity contribution in [3.8, 4) is 0 Å². The Hall–Kier alpha value is -3.83. The van der Waals surface area contributed by atoms with Crippen LogP contribution in [0.1, 0.15) is 58.6 Å². The highest BCUT2D eigenvalue weighted by molar-refractivity contribution is 6.01. The lowest BCUT2D eigenvalue weighted by Crippen LogP contribution is -2.46. The van der Waals surface area contributed by atoms with Gasteiger partial charge in [-0.2, -0.15) is 5.10 Å². The Kier molecular flexibility index (Phi) is 7.61. The first-order valence-electron chi connectivity index (χ1n) is 11.8. The number of nitrogens with one attached hydrogen (secondary N) is 2. The molecule has 0 bridgehead atoms. The lowest BCUT2D eigenvalue weighted by Gasteiger charge is -2.25. The standard InChI is InChI=1S/C24H27F2N5O5/c1-27-22(33)19(6-4-8-32)30-12-17-18(25)9-14(21(26)20(17)23(30)34)11-28-24(35)36-13-15-10-16-5-2-3-7-31(16)29-15/h8-10,19H,2-7,11-13H2,1H3,(H,27,33)(H,28,35). The molecule has 0 saturated heterocycles. The molecule has 10 nitrogen and oxygen atoms in total. The third-order valence-corrected chi connectivity index (χ3v) is 6.42. The van der Waals surface area contributed by atoms with Crippen LogP contribution in [-0.4, -0.2) is 52.0 Å². The fourth-order valence-corrected chi connectivity index (χ4v) is 4.59. The number of aldehydes is 1. The van der Waals surface area contributed by atoms with Gasteiger partial charge < -0.3 is 25.1 Å². The Labute approximate surface area is 206 Å². The molecule has 2 aromatic rings. The normalized spacial score (nSPS) is 15.2. The summed E-state index contributed by atoms with van der Waals surface area (Å²) in [5, 5.41) is 9.15. The molecule has 3 amide bonds. The molecule has 1 atom stereocenters. The third kappa shape index (κ3) is 5.07. The highest BCUT2D eigenvalue weighted by atomic mass is 19.1. The van der Waals surface area contributed by atoms with Gasteiger partial charge >= 0.3 is 6.09 Å². The zero-order chi connectivity index (χ0) is 25.8. The van der Waals surface area contributed by atoms with Crippen LogP contribution < -0.4 is 10.6 Å². The highest BCUT2D eigenvalue weighted by Crippen LogP contribution is 2.32. The van der Waals surface area contributed by atoms with Gasteiger partial charge in [0.2, 0.25) is 5.91 Å². The Morgan fingerprint density at radius 1 is 1.28 bits per heavy atom. The molecule has 0 fully saturated rings. The molecule has 36 heavy (non-hydrogen) atoms. The number of aryl methyl sites for hydroxylation is 2. The van der Waals surface area contributed by atoms with Crippen molar-refractivity contribution >= 4 is 24.2 Å². The Morgan fingerprint density at radius 3 is 2.81 bits per heavy atom. The first-order chi connectivity index (χ1) is 17.3. The quantitative estimate of drug-likeness (QED) is 0.505. The van der Waals surface area contributed by atoms with E-state index >= 15 is 4.39 Å². The summed E-state index contributed by atoms with van der Waals surface area (Å²) in [6.07, 6.45) is 2.83. The van der Waals surface area contributed by atoms with E-state index in [1.165, 1.54) is 7.05 Å². The lowest BCUT2D eigenvalue weighted by atomic mass is 10.0. The summed E-state index contributed by atoms with van der Waals surface area (Å²) in [7, 11) is 1.37. The second-order valence-corrected chi connectivity index (χ2v) is 8.73. The number of amides is 3. The predicted octanol–water partition coefficient (Wildman–Crippen LogP) is 1.97. The van der Waals surface area contributed by atoms with Crippen LogP contribution in [0.4, 0.5) is 13.6 Å². The van der Waals surface area contributed by atoms with E-state index in [-0.39, 0.29) is 37.1 Å². The van der Waals surface area contributed by atoms with E-state index < -0.39 is 47.7 Å². The topological polar surface area (TPSA) is 123 Å². The first kappa shape index (κ1) is 25.3. The van der Waals surface area contributed by atoms with Gasteiger partial charge in [-0.25, -0.2) is 13.6 Å². The van der Waals surface area contributed by atoms with Crippen LogP contribution in [0, 0.1) is 11.6 Å². The molecule has 192 valence electrons. The average molecular weight is 504 g/mol. The van der Waals surface area contributed by atoms with Crippen molar-refractivity contribution in [2.75, 3.05) is 7.05 Å². The minimum atomic E-state index is -1.05. The van der Waals surface area contributed by atoms with Crippen molar-refractivity contribution < 1.29 is 32.7 Å². The average Bonchev–Trinajstić information content (AvgIpc) is 3.45. The molecule has 1 aromatic carbocycles. The van der Waals surface area contributed by atoms with Crippen molar-refractivity contribution in [2.45, 2.75) is 64.4 Å². The van der Waals surface area contributed by atoms with Crippen molar-refractivity contribution in [3.05, 3.63) is 51.8 Å². The van der Waals surface area contributed by atoms with E-state index in [2.05, 4.69) is 15.7 Å². The van der Waals surface area contributed by atoms with Crippen LogP contribution in [0.25, 0.3) is 0 Å². The number of ether oxygens (including phenoxy) is 1. The van der Waals surface area contributed by atoms with Crippen molar-refractivity contribution in [3.63, 3.8) is 0 Å². The van der Waals surface area contributed by atoms with Crippen LogP contribution in [0.5, 0.6) is 0 Å². The van der Waals surface area contributed by atoms with E-state index in [0.29, 0.717) is 12.0 Å². The predicted molar refractivity (Wildman–Crippen MR) is 122 cm³/mol. The summed E-state index contributed by atoms with van der Waals surface area (Å²) >= 11 is 0. The molecule has 3 heterocycles. The Balaban J connectivity index is 1.41. The summed E-state index contributed by atoms with van der Waals surface area (Å²) < 4.78 is 37.1. The van der Waals surface area contributed by atoms with Gasteiger partial charge in [0.25, 0.3) is 5.91 Å². The number of hydrogen-bond acceptors (Lipinski definition) is 6. The zero-order valence-corrected chi connectivity index (χ0v) is 19.8. The van der Waals surface area contributed by atoms with E-state index in [4.69, 9.17) is 4.74 Å². The lowest BCUT2D eigenvalue weighted by molar-refractivity contribution is -0.125. The number of carbonyl (C=O) groups is 4. The number of fused-ring (bicyclic) bond motifs is 2. The molecule has 1 aromatic heterocycles. The van der Waals surface area contributed by atoms with Crippen LogP contribution in [-0.2, 0) is 47.0 Å². The number of benzene rings is 1. The molecule has 12 heteroatoms. The molecule has 2 aliphatic rings. The van der Waals surface area contributed by atoms with Gasteiger partial charge in [-0.15, -0.1) is 0 Å². The van der Waals surface area contributed by atoms with E-state index in [1.807, 2.05) is 10.7 Å². The SMILES string of the molecule is CNC(=O)C(CCC=O)N1Cc2c(F)cc(CNC(=O)OCc3cc4n(n3)CCCC4)c(F)c2C1=O. The van der Waals surface area contributed by atoms with Crippen LogP contribution >= 0.6 is 0 Å². The van der Waals surface area contributed by atoms with Crippen LogP contribution in [0.15, 0.2) is 12.1 Å². The molecule has 0 spiro atoms. The number of hydrogen-bond donors (Lipinski definition) is 2. The van der Waals surface area contributed by atoms with Crippen molar-refractivity contribution in [2.24, 2.45) is 0 Å². The van der Waals surface area contributed by atoms with Gasteiger partial charge in [0.15, 0.2) is 0 Å². The van der Waals surface area contributed by atoms with Gasteiger partial charge in [0.1, 0.15) is 36.3 Å². The minimum Gasteiger partial charge on any atom is -0.443 e. The monoisotopic (exact) mass is 503 g/mol. The number of aromatic nitrogens is 2. The number of halogens is 2. The van der Waals surface area contributed by atoms with Crippen molar-refractivity contribution in [1.82, 2.24) is 25.3 Å².